The van der Waals surface area contributed by atoms with E-state index >= 15 is 0 Å². The van der Waals surface area contributed by atoms with Gasteiger partial charge in [0.2, 0.25) is 0 Å². The summed E-state index contributed by atoms with van der Waals surface area (Å²) >= 11 is -0.277. The second kappa shape index (κ2) is 9.08. The van der Waals surface area contributed by atoms with Crippen molar-refractivity contribution in [3.63, 3.8) is 0 Å². The van der Waals surface area contributed by atoms with Gasteiger partial charge in [0.15, 0.2) is 5.78 Å². The summed E-state index contributed by atoms with van der Waals surface area (Å²) < 4.78 is 39.1. The molecular weight excluding hydrogens is 435 g/mol. The summed E-state index contributed by atoms with van der Waals surface area (Å²) in [5.41, 5.74) is 1.31. The molecule has 1 aromatic heterocycles. The molecule has 4 nitrogen and oxygen atoms in total. The molecular formula is C24H20F3N3OS. The monoisotopic (exact) mass is 455 g/mol. The van der Waals surface area contributed by atoms with Crippen molar-refractivity contribution < 1.29 is 18.0 Å². The van der Waals surface area contributed by atoms with Gasteiger partial charge in [0, 0.05) is 17.7 Å². The van der Waals surface area contributed by atoms with Crippen molar-refractivity contribution in [3.8, 4) is 11.1 Å². The minimum absolute atomic E-state index is 0.0178. The van der Waals surface area contributed by atoms with Crippen LogP contribution in [0.4, 0.5) is 18.9 Å². The van der Waals surface area contributed by atoms with E-state index < -0.39 is 5.51 Å². The Labute approximate surface area is 187 Å². The van der Waals surface area contributed by atoms with Crippen LogP contribution in [-0.4, -0.2) is 21.3 Å². The van der Waals surface area contributed by atoms with Gasteiger partial charge in [-0.3, -0.25) is 4.79 Å². The highest BCUT2D eigenvalue weighted by Crippen LogP contribution is 2.31. The van der Waals surface area contributed by atoms with E-state index in [4.69, 9.17) is 0 Å². The van der Waals surface area contributed by atoms with E-state index in [1.165, 1.54) is 0 Å². The Morgan fingerprint density at radius 3 is 2.50 bits per heavy atom. The Kier molecular flexibility index (Phi) is 6.23. The van der Waals surface area contributed by atoms with Crippen LogP contribution in [0.25, 0.3) is 22.2 Å². The largest absolute Gasteiger partial charge is 0.461 e. The molecule has 0 saturated carbocycles. The molecule has 0 fully saturated rings. The summed E-state index contributed by atoms with van der Waals surface area (Å²) in [4.78, 5) is 19.9. The molecule has 3 aromatic carbocycles. The molecule has 0 bridgehead atoms. The predicted octanol–water partition coefficient (Wildman–Crippen LogP) is 6.80. The van der Waals surface area contributed by atoms with Crippen LogP contribution >= 0.6 is 11.9 Å². The van der Waals surface area contributed by atoms with Crippen LogP contribution in [0.2, 0.25) is 0 Å². The number of fused-ring (bicyclic) bond motifs is 1. The number of hydrogen-bond acceptors (Lipinski definition) is 4. The molecule has 0 aliphatic heterocycles. The zero-order valence-electron chi connectivity index (χ0n) is 17.2. The summed E-state index contributed by atoms with van der Waals surface area (Å²) in [6.07, 6.45) is 1.37. The number of nitrogens with zero attached hydrogens (tertiary/aromatic N) is 1. The van der Waals surface area contributed by atoms with Gasteiger partial charge >= 0.3 is 5.51 Å². The molecule has 0 aliphatic carbocycles. The number of carbonyl (C=O) groups is 1. The molecule has 0 radical (unpaired) electrons. The van der Waals surface area contributed by atoms with Crippen molar-refractivity contribution in [1.82, 2.24) is 9.97 Å². The molecule has 0 spiro atoms. The number of nitrogens with one attached hydrogen (secondary N) is 2. The fourth-order valence-electron chi connectivity index (χ4n) is 3.51. The highest BCUT2D eigenvalue weighted by Gasteiger charge is 2.28. The average molecular weight is 456 g/mol. The number of halogens is 3. The van der Waals surface area contributed by atoms with E-state index in [-0.39, 0.29) is 17.7 Å². The van der Waals surface area contributed by atoms with Crippen LogP contribution in [0.5, 0.6) is 0 Å². The lowest BCUT2D eigenvalue weighted by Crippen LogP contribution is -2.04. The quantitative estimate of drug-likeness (QED) is 0.238. The SMILES string of the molecule is CC(=O)c1ccccc1-c1ccc2nc(CCc3ccc(NSC(F)(F)F)cc3)[nH]c2c1. The maximum atomic E-state index is 12.3. The number of imidazole rings is 1. The van der Waals surface area contributed by atoms with Crippen molar-refractivity contribution in [2.45, 2.75) is 25.3 Å². The van der Waals surface area contributed by atoms with Crippen molar-refractivity contribution in [2.24, 2.45) is 0 Å². The molecule has 0 atom stereocenters. The summed E-state index contributed by atoms with van der Waals surface area (Å²) in [6, 6.07) is 20.3. The number of rotatable bonds is 7. The molecule has 4 rings (SSSR count). The number of aromatic nitrogens is 2. The highest BCUT2D eigenvalue weighted by molar-refractivity contribution is 8.01. The van der Waals surface area contributed by atoms with Gasteiger partial charge in [0.25, 0.3) is 0 Å². The summed E-state index contributed by atoms with van der Waals surface area (Å²) in [5, 5.41) is 0. The first kappa shape index (κ1) is 22.0. The van der Waals surface area contributed by atoms with Gasteiger partial charge in [0.05, 0.1) is 23.0 Å². The fraction of sp³-hybridized carbons (Fsp3) is 0.167. The van der Waals surface area contributed by atoms with Crippen molar-refractivity contribution in [3.05, 3.63) is 83.7 Å². The van der Waals surface area contributed by atoms with Gasteiger partial charge in [-0.2, -0.15) is 13.2 Å². The van der Waals surface area contributed by atoms with Crippen molar-refractivity contribution in [1.29, 1.82) is 0 Å². The summed E-state index contributed by atoms with van der Waals surface area (Å²) in [5.74, 6) is 0.844. The highest BCUT2D eigenvalue weighted by atomic mass is 32.2. The van der Waals surface area contributed by atoms with Gasteiger partial charge in [-0.05, 0) is 54.3 Å². The lowest BCUT2D eigenvalue weighted by molar-refractivity contribution is -0.0323. The number of hydrogen-bond donors (Lipinski definition) is 2. The summed E-state index contributed by atoms with van der Waals surface area (Å²) in [6.45, 7) is 1.56. The first-order chi connectivity index (χ1) is 15.3. The Morgan fingerprint density at radius 2 is 1.78 bits per heavy atom. The molecule has 8 heteroatoms. The van der Waals surface area contributed by atoms with E-state index in [1.54, 1.807) is 31.2 Å². The molecule has 0 aliphatic rings. The van der Waals surface area contributed by atoms with Gasteiger partial charge in [-0.15, -0.1) is 0 Å². The van der Waals surface area contributed by atoms with E-state index in [2.05, 4.69) is 14.7 Å². The van der Waals surface area contributed by atoms with Crippen LogP contribution in [0.15, 0.2) is 66.7 Å². The number of anilines is 1. The maximum absolute atomic E-state index is 12.3. The Balaban J connectivity index is 1.45. The second-order valence-corrected chi connectivity index (χ2v) is 8.24. The van der Waals surface area contributed by atoms with E-state index in [0.29, 0.717) is 24.1 Å². The van der Waals surface area contributed by atoms with E-state index in [1.807, 2.05) is 42.5 Å². The third-order valence-corrected chi connectivity index (χ3v) is 5.61. The topological polar surface area (TPSA) is 57.8 Å². The van der Waals surface area contributed by atoms with Crippen LogP contribution in [0.3, 0.4) is 0 Å². The molecule has 0 saturated heterocycles. The van der Waals surface area contributed by atoms with Crippen LogP contribution in [0.1, 0.15) is 28.7 Å². The van der Waals surface area contributed by atoms with Gasteiger partial charge < -0.3 is 9.71 Å². The molecule has 0 amide bonds. The third-order valence-electron chi connectivity index (χ3n) is 5.04. The molecule has 32 heavy (non-hydrogen) atoms. The zero-order chi connectivity index (χ0) is 22.7. The Hall–Kier alpha value is -3.26. The fourth-order valence-corrected chi connectivity index (χ4v) is 3.88. The summed E-state index contributed by atoms with van der Waals surface area (Å²) in [7, 11) is 0. The number of alkyl halides is 3. The minimum Gasteiger partial charge on any atom is -0.342 e. The van der Waals surface area contributed by atoms with Crippen LogP contribution in [0, 0.1) is 0 Å². The van der Waals surface area contributed by atoms with Gasteiger partial charge in [-0.1, -0.05) is 42.5 Å². The molecule has 0 unspecified atom stereocenters. The number of ketones is 1. The van der Waals surface area contributed by atoms with Crippen LogP contribution in [-0.2, 0) is 12.8 Å². The second-order valence-electron chi connectivity index (χ2n) is 7.36. The first-order valence-electron chi connectivity index (χ1n) is 9.97. The lowest BCUT2D eigenvalue weighted by Gasteiger charge is -2.08. The number of H-pyrrole nitrogens is 1. The standard InChI is InChI=1S/C24H20F3N3OS/c1-15(31)19-4-2-3-5-20(19)17-9-12-21-22(14-17)29-23(28-21)13-8-16-6-10-18(11-7-16)30-32-24(25,26)27/h2-7,9-12,14,30H,8,13H2,1H3,(H,28,29). The zero-order valence-corrected chi connectivity index (χ0v) is 18.0. The van der Waals surface area contributed by atoms with Crippen LogP contribution < -0.4 is 4.72 Å². The van der Waals surface area contributed by atoms with Gasteiger partial charge in [-0.25, -0.2) is 4.98 Å². The van der Waals surface area contributed by atoms with E-state index in [0.717, 1.165) is 33.5 Å². The molecule has 164 valence electrons. The van der Waals surface area contributed by atoms with Crippen molar-refractivity contribution in [2.75, 3.05) is 4.72 Å². The number of benzene rings is 3. The maximum Gasteiger partial charge on any atom is 0.461 e. The van der Waals surface area contributed by atoms with E-state index in [9.17, 15) is 18.0 Å². The molecule has 1 heterocycles. The third kappa shape index (κ3) is 5.31. The normalized spacial score (nSPS) is 11.6. The minimum atomic E-state index is -4.33. The molecule has 2 N–H and O–H groups in total. The van der Waals surface area contributed by atoms with Gasteiger partial charge in [0.1, 0.15) is 5.82 Å². The Bertz CT molecular complexity index is 1250. The molecule has 4 aromatic rings. The lowest BCUT2D eigenvalue weighted by atomic mass is 9.97. The van der Waals surface area contributed by atoms with Crippen molar-refractivity contribution >= 4 is 34.5 Å². The average Bonchev–Trinajstić information content (AvgIpc) is 3.18. The predicted molar refractivity (Wildman–Crippen MR) is 123 cm³/mol. The number of carbonyl (C=O) groups excluding carboxylic acids is 1. The smallest absolute Gasteiger partial charge is 0.342 e. The number of aryl methyl sites for hydroxylation is 2. The number of Topliss-reactive ketones (excluding diaryl/α,β-unsaturated/α-hetero) is 1. The Morgan fingerprint density at radius 1 is 1.03 bits per heavy atom. The number of aromatic amines is 1. The first-order valence-corrected chi connectivity index (χ1v) is 10.8.